The zero-order chi connectivity index (χ0) is 20.8. The predicted molar refractivity (Wildman–Crippen MR) is 126 cm³/mol. The van der Waals surface area contributed by atoms with E-state index in [1.165, 1.54) is 19.2 Å². The largest absolute Gasteiger partial charge is 0.504 e. The van der Waals surface area contributed by atoms with Gasteiger partial charge < -0.3 is 24.8 Å². The SMILES string of the molecule is CCNC(=NCc1cccc(OC)c1O)N1CC(C)OC(c2ccc(F)cc2)C1.I. The summed E-state index contributed by atoms with van der Waals surface area (Å²) in [6.07, 6.45) is -0.179. The molecule has 2 aromatic rings. The summed E-state index contributed by atoms with van der Waals surface area (Å²) >= 11 is 0. The highest BCUT2D eigenvalue weighted by atomic mass is 127. The molecule has 2 unspecified atom stereocenters. The number of halogens is 2. The lowest BCUT2D eigenvalue weighted by atomic mass is 10.1. The first-order valence-corrected chi connectivity index (χ1v) is 9.80. The number of phenols is 1. The Kier molecular flexibility index (Phi) is 9.16. The zero-order valence-electron chi connectivity index (χ0n) is 17.5. The summed E-state index contributed by atoms with van der Waals surface area (Å²) < 4.78 is 24.5. The van der Waals surface area contributed by atoms with Crippen LogP contribution in [0, 0.1) is 5.82 Å². The van der Waals surface area contributed by atoms with E-state index < -0.39 is 0 Å². The molecule has 1 aliphatic heterocycles. The number of rotatable bonds is 5. The van der Waals surface area contributed by atoms with Crippen LogP contribution < -0.4 is 10.1 Å². The molecule has 6 nitrogen and oxygen atoms in total. The molecule has 0 spiro atoms. The van der Waals surface area contributed by atoms with Gasteiger partial charge in [-0.05, 0) is 37.6 Å². The molecule has 1 fully saturated rings. The fraction of sp³-hybridized carbons (Fsp3) is 0.409. The van der Waals surface area contributed by atoms with Crippen LogP contribution in [-0.2, 0) is 11.3 Å². The molecule has 0 bridgehead atoms. The molecule has 30 heavy (non-hydrogen) atoms. The third kappa shape index (κ3) is 5.98. The first-order valence-electron chi connectivity index (χ1n) is 9.80. The van der Waals surface area contributed by atoms with Gasteiger partial charge in [0.15, 0.2) is 17.5 Å². The lowest BCUT2D eigenvalue weighted by Crippen LogP contribution is -2.50. The Bertz CT molecular complexity index is 848. The summed E-state index contributed by atoms with van der Waals surface area (Å²) in [4.78, 5) is 6.86. The molecule has 0 aliphatic carbocycles. The molecule has 0 saturated carbocycles. The molecular formula is C22H29FIN3O3. The van der Waals surface area contributed by atoms with Gasteiger partial charge in [-0.15, -0.1) is 24.0 Å². The molecule has 3 rings (SSSR count). The van der Waals surface area contributed by atoms with Crippen LogP contribution in [0.1, 0.15) is 31.1 Å². The van der Waals surface area contributed by atoms with E-state index in [1.807, 2.05) is 26.0 Å². The quantitative estimate of drug-likeness (QED) is 0.347. The molecule has 2 aromatic carbocycles. The second kappa shape index (κ2) is 11.4. The third-order valence-electron chi connectivity index (χ3n) is 4.84. The zero-order valence-corrected chi connectivity index (χ0v) is 19.8. The molecular weight excluding hydrogens is 500 g/mol. The van der Waals surface area contributed by atoms with Crippen LogP contribution in [0.25, 0.3) is 0 Å². The van der Waals surface area contributed by atoms with Crippen molar-refractivity contribution in [2.75, 3.05) is 26.7 Å². The lowest BCUT2D eigenvalue weighted by molar-refractivity contribution is -0.0605. The second-order valence-electron chi connectivity index (χ2n) is 7.03. The van der Waals surface area contributed by atoms with E-state index >= 15 is 0 Å². The molecule has 2 atom stereocenters. The van der Waals surface area contributed by atoms with Crippen LogP contribution >= 0.6 is 24.0 Å². The number of hydrogen-bond acceptors (Lipinski definition) is 4. The molecule has 1 saturated heterocycles. The highest BCUT2D eigenvalue weighted by Gasteiger charge is 2.28. The Morgan fingerprint density at radius 2 is 2.00 bits per heavy atom. The maximum Gasteiger partial charge on any atom is 0.194 e. The van der Waals surface area contributed by atoms with Gasteiger partial charge in [-0.25, -0.2) is 9.38 Å². The Labute approximate surface area is 194 Å². The van der Waals surface area contributed by atoms with Crippen LogP contribution in [-0.4, -0.2) is 48.8 Å². The fourth-order valence-corrected chi connectivity index (χ4v) is 3.43. The number of ether oxygens (including phenoxy) is 2. The summed E-state index contributed by atoms with van der Waals surface area (Å²) in [6.45, 7) is 6.35. The number of guanidine groups is 1. The first kappa shape index (κ1) is 24.2. The number of phenolic OH excluding ortho intramolecular Hbond substituents is 1. The minimum Gasteiger partial charge on any atom is -0.504 e. The van der Waals surface area contributed by atoms with E-state index in [4.69, 9.17) is 14.5 Å². The summed E-state index contributed by atoms with van der Waals surface area (Å²) in [5.74, 6) is 1.02. The van der Waals surface area contributed by atoms with Crippen molar-refractivity contribution in [3.8, 4) is 11.5 Å². The van der Waals surface area contributed by atoms with E-state index in [1.54, 1.807) is 18.2 Å². The number of methoxy groups -OCH3 is 1. The molecule has 0 radical (unpaired) electrons. The summed E-state index contributed by atoms with van der Waals surface area (Å²) in [5, 5.41) is 13.6. The van der Waals surface area contributed by atoms with Crippen molar-refractivity contribution >= 4 is 29.9 Å². The highest BCUT2D eigenvalue weighted by Crippen LogP contribution is 2.30. The van der Waals surface area contributed by atoms with Crippen LogP contribution in [0.3, 0.4) is 0 Å². The molecule has 0 amide bonds. The number of aliphatic imine (C=N–C) groups is 1. The van der Waals surface area contributed by atoms with Crippen LogP contribution in [0.2, 0.25) is 0 Å². The molecule has 2 N–H and O–H groups in total. The third-order valence-corrected chi connectivity index (χ3v) is 4.84. The smallest absolute Gasteiger partial charge is 0.194 e. The Morgan fingerprint density at radius 3 is 2.67 bits per heavy atom. The normalized spacial score (nSPS) is 19.2. The minimum atomic E-state index is -0.262. The Hall–Kier alpha value is -2.07. The number of hydrogen-bond donors (Lipinski definition) is 2. The number of nitrogens with one attached hydrogen (secondary N) is 1. The van der Waals surface area contributed by atoms with Crippen molar-refractivity contribution in [3.63, 3.8) is 0 Å². The van der Waals surface area contributed by atoms with E-state index in [-0.39, 0.29) is 47.8 Å². The number of aromatic hydroxyl groups is 1. The van der Waals surface area contributed by atoms with Gasteiger partial charge in [0, 0.05) is 18.7 Å². The van der Waals surface area contributed by atoms with Gasteiger partial charge in [0.2, 0.25) is 0 Å². The van der Waals surface area contributed by atoms with Gasteiger partial charge in [-0.2, -0.15) is 0 Å². The van der Waals surface area contributed by atoms with E-state index in [0.29, 0.717) is 30.9 Å². The van der Waals surface area contributed by atoms with Gasteiger partial charge in [0.25, 0.3) is 0 Å². The average molecular weight is 529 g/mol. The molecule has 8 heteroatoms. The molecule has 1 aliphatic rings. The second-order valence-corrected chi connectivity index (χ2v) is 7.03. The van der Waals surface area contributed by atoms with Gasteiger partial charge in [0.05, 0.1) is 26.3 Å². The van der Waals surface area contributed by atoms with Crippen molar-refractivity contribution in [2.24, 2.45) is 4.99 Å². The van der Waals surface area contributed by atoms with Crippen LogP contribution in [0.4, 0.5) is 4.39 Å². The van der Waals surface area contributed by atoms with E-state index in [0.717, 1.165) is 18.1 Å². The van der Waals surface area contributed by atoms with Crippen molar-refractivity contribution in [3.05, 3.63) is 59.4 Å². The molecule has 164 valence electrons. The lowest BCUT2D eigenvalue weighted by Gasteiger charge is -2.38. The van der Waals surface area contributed by atoms with Gasteiger partial charge in [-0.3, -0.25) is 0 Å². The van der Waals surface area contributed by atoms with E-state index in [2.05, 4.69) is 10.2 Å². The van der Waals surface area contributed by atoms with Crippen molar-refractivity contribution in [2.45, 2.75) is 32.6 Å². The van der Waals surface area contributed by atoms with Gasteiger partial charge in [0.1, 0.15) is 11.9 Å². The van der Waals surface area contributed by atoms with Crippen molar-refractivity contribution in [1.29, 1.82) is 0 Å². The summed E-state index contributed by atoms with van der Waals surface area (Å²) in [6, 6.07) is 11.8. The topological polar surface area (TPSA) is 66.3 Å². The number of para-hydroxylation sites is 1. The average Bonchev–Trinajstić information content (AvgIpc) is 2.72. The minimum absolute atomic E-state index is 0. The van der Waals surface area contributed by atoms with Gasteiger partial charge >= 0.3 is 0 Å². The van der Waals surface area contributed by atoms with Crippen LogP contribution in [0.5, 0.6) is 11.5 Å². The fourth-order valence-electron chi connectivity index (χ4n) is 3.43. The van der Waals surface area contributed by atoms with E-state index in [9.17, 15) is 9.50 Å². The number of morpholine rings is 1. The molecule has 1 heterocycles. The van der Waals surface area contributed by atoms with Gasteiger partial charge in [-0.1, -0.05) is 24.3 Å². The predicted octanol–water partition coefficient (Wildman–Crippen LogP) is 4.09. The number of benzene rings is 2. The Balaban J connectivity index is 0.00000320. The Morgan fingerprint density at radius 1 is 1.27 bits per heavy atom. The maximum atomic E-state index is 13.3. The van der Waals surface area contributed by atoms with Crippen molar-refractivity contribution < 1.29 is 19.0 Å². The standard InChI is InChI=1S/C22H28FN3O3.HI/c1-4-24-22(25-12-17-6-5-7-19(28-3)21(17)27)26-13-15(2)29-20(14-26)16-8-10-18(23)11-9-16;/h5-11,15,20,27H,4,12-14H2,1-3H3,(H,24,25);1H. The monoisotopic (exact) mass is 529 g/mol. The van der Waals surface area contributed by atoms with Crippen LogP contribution in [0.15, 0.2) is 47.5 Å². The van der Waals surface area contributed by atoms with Crippen molar-refractivity contribution in [1.82, 2.24) is 10.2 Å². The first-order chi connectivity index (χ1) is 14.0. The highest BCUT2D eigenvalue weighted by molar-refractivity contribution is 14.0. The number of nitrogens with zero attached hydrogens (tertiary/aromatic N) is 2. The summed E-state index contributed by atoms with van der Waals surface area (Å²) in [7, 11) is 1.52. The maximum absolute atomic E-state index is 13.3. The summed E-state index contributed by atoms with van der Waals surface area (Å²) in [5.41, 5.74) is 1.63. The molecule has 0 aromatic heterocycles.